The molecule has 0 unspecified atom stereocenters. The van der Waals surface area contributed by atoms with Crippen molar-refractivity contribution in [3.05, 3.63) is 13.2 Å². The van der Waals surface area contributed by atoms with Crippen LogP contribution in [0.25, 0.3) is 0 Å². The van der Waals surface area contributed by atoms with Crippen LogP contribution >= 0.6 is 0 Å². The van der Waals surface area contributed by atoms with Crippen LogP contribution in [0.4, 0.5) is 0 Å². The maximum Gasteiger partial charge on any atom is 4.00 e. The van der Waals surface area contributed by atoms with Gasteiger partial charge in [0.15, 0.2) is 0 Å². The van der Waals surface area contributed by atoms with Gasteiger partial charge in [0.05, 0.1) is 0 Å². The zero-order valence-corrected chi connectivity index (χ0v) is 9.60. The van der Waals surface area contributed by atoms with Crippen LogP contribution in [-0.2, 0) is 52.4 Å². The first-order chi connectivity index (χ1) is 1.00. The summed E-state index contributed by atoms with van der Waals surface area (Å²) in [6.45, 7) is 6.00. The Labute approximate surface area is 89.2 Å². The van der Waals surface area contributed by atoms with Crippen molar-refractivity contribution >= 4 is 0 Å². The Morgan fingerprint density at radius 3 is 0.667 bits per heavy atom. The minimum atomic E-state index is 0. The molecule has 0 amide bonds. The SMILES string of the molecule is C=C.[Cl-].[Cl-].[Zr+4].[Zr+4]. The van der Waals surface area contributed by atoms with Crippen LogP contribution in [0, 0.1) is 0 Å². The average Bonchev–Trinajstić information content (AvgIpc) is 1.00. The van der Waals surface area contributed by atoms with E-state index in [9.17, 15) is 0 Å². The summed E-state index contributed by atoms with van der Waals surface area (Å²) in [7, 11) is 0. The molecule has 0 spiro atoms. The molecule has 0 rings (SSSR count). The second kappa shape index (κ2) is 60.3. The van der Waals surface area contributed by atoms with Crippen molar-refractivity contribution in [2.45, 2.75) is 0 Å². The van der Waals surface area contributed by atoms with E-state index >= 15 is 0 Å². The van der Waals surface area contributed by atoms with Gasteiger partial charge in [0, 0.05) is 0 Å². The largest absolute Gasteiger partial charge is 4.00 e. The zero-order valence-electron chi connectivity index (χ0n) is 3.17. The van der Waals surface area contributed by atoms with Gasteiger partial charge in [-0.2, -0.15) is 0 Å². The fourth-order valence-corrected chi connectivity index (χ4v) is 0. The molecule has 0 aliphatic heterocycles. The Bertz CT molecular complexity index is 9.51. The van der Waals surface area contributed by atoms with Gasteiger partial charge >= 0.3 is 52.4 Å². The molecule has 0 aromatic carbocycles. The Hall–Kier alpha value is 2.09. The van der Waals surface area contributed by atoms with Crippen molar-refractivity contribution in [3.63, 3.8) is 0 Å². The van der Waals surface area contributed by atoms with Gasteiger partial charge < -0.3 is 24.8 Å². The van der Waals surface area contributed by atoms with Gasteiger partial charge in [-0.25, -0.2) is 0 Å². The van der Waals surface area contributed by atoms with Gasteiger partial charge in [-0.15, -0.1) is 13.2 Å². The molecule has 0 fully saturated rings. The summed E-state index contributed by atoms with van der Waals surface area (Å²) in [5, 5.41) is 0. The van der Waals surface area contributed by atoms with Crippen molar-refractivity contribution in [2.75, 3.05) is 0 Å². The molecule has 0 heterocycles. The van der Waals surface area contributed by atoms with E-state index in [-0.39, 0.29) is 77.2 Å². The van der Waals surface area contributed by atoms with E-state index < -0.39 is 0 Å². The standard InChI is InChI=1S/C2H4.2ClH.2Zr/c1-2;;;;/h1-2H2;2*1H;;/q;;;2*+4/p-2. The van der Waals surface area contributed by atoms with Crippen LogP contribution in [0.5, 0.6) is 0 Å². The molecule has 0 aromatic rings. The molecule has 0 aliphatic carbocycles. The van der Waals surface area contributed by atoms with Crippen LogP contribution < -0.4 is 24.8 Å². The van der Waals surface area contributed by atoms with E-state index in [1.165, 1.54) is 0 Å². The van der Waals surface area contributed by atoms with Gasteiger partial charge in [-0.05, 0) is 0 Å². The van der Waals surface area contributed by atoms with Gasteiger partial charge in [0.1, 0.15) is 0 Å². The second-order valence-corrected chi connectivity index (χ2v) is 0. The molecule has 28 valence electrons. The summed E-state index contributed by atoms with van der Waals surface area (Å²) >= 11 is 0. The van der Waals surface area contributed by atoms with Gasteiger partial charge in [-0.3, -0.25) is 0 Å². The number of hydrogen-bond acceptors (Lipinski definition) is 0. The summed E-state index contributed by atoms with van der Waals surface area (Å²) in [6, 6.07) is 0. The van der Waals surface area contributed by atoms with Gasteiger partial charge in [-0.1, -0.05) is 0 Å². The predicted molar refractivity (Wildman–Crippen MR) is 11.3 cm³/mol. The van der Waals surface area contributed by atoms with E-state index in [0.717, 1.165) is 0 Å². The molecule has 0 bridgehead atoms. The number of halogens is 2. The topological polar surface area (TPSA) is 0 Å². The quantitative estimate of drug-likeness (QED) is 0.390. The van der Waals surface area contributed by atoms with Crippen molar-refractivity contribution < 1.29 is 77.2 Å². The summed E-state index contributed by atoms with van der Waals surface area (Å²) in [4.78, 5) is 0. The minimum absolute atomic E-state index is 0. The molecule has 0 N–H and O–H groups in total. The summed E-state index contributed by atoms with van der Waals surface area (Å²) in [5.41, 5.74) is 0. The predicted octanol–water partition coefficient (Wildman–Crippen LogP) is -5.19. The maximum atomic E-state index is 3.00. The summed E-state index contributed by atoms with van der Waals surface area (Å²) < 4.78 is 0. The van der Waals surface area contributed by atoms with E-state index in [1.807, 2.05) is 0 Å². The maximum absolute atomic E-state index is 3.00. The molecular formula is C2H4Cl2Zr2+6. The van der Waals surface area contributed by atoms with E-state index in [1.54, 1.807) is 0 Å². The first kappa shape index (κ1) is 42.6. The fourth-order valence-electron chi connectivity index (χ4n) is 0. The average molecular weight is 281 g/mol. The van der Waals surface area contributed by atoms with Crippen molar-refractivity contribution in [1.82, 2.24) is 0 Å². The van der Waals surface area contributed by atoms with Crippen LogP contribution in [0.3, 0.4) is 0 Å². The van der Waals surface area contributed by atoms with Crippen LogP contribution in [0.2, 0.25) is 0 Å². The molecule has 0 aliphatic rings. The molecule has 0 saturated heterocycles. The number of hydrogen-bond donors (Lipinski definition) is 0. The fraction of sp³-hybridized carbons (Fsp3) is 0. The smallest absolute Gasteiger partial charge is 1.00 e. The van der Waals surface area contributed by atoms with Crippen LogP contribution in [0.15, 0.2) is 13.2 Å². The first-order valence-corrected chi connectivity index (χ1v) is 0.500. The van der Waals surface area contributed by atoms with Crippen LogP contribution in [-0.4, -0.2) is 0 Å². The molecule has 6 heavy (non-hydrogen) atoms. The van der Waals surface area contributed by atoms with Crippen molar-refractivity contribution in [2.24, 2.45) is 0 Å². The normalized spacial score (nSPS) is 0.667. The third-order valence-corrected chi connectivity index (χ3v) is 0. The first-order valence-electron chi connectivity index (χ1n) is 0.500. The van der Waals surface area contributed by atoms with Gasteiger partial charge in [0.25, 0.3) is 0 Å². The Kier molecular flexibility index (Phi) is 429. The van der Waals surface area contributed by atoms with E-state index in [0.29, 0.717) is 0 Å². The minimum Gasteiger partial charge on any atom is -1.00 e. The Morgan fingerprint density at radius 1 is 0.667 bits per heavy atom. The molecule has 0 atom stereocenters. The molecule has 0 aromatic heterocycles. The second-order valence-electron chi connectivity index (χ2n) is 0. The van der Waals surface area contributed by atoms with Crippen LogP contribution in [0.1, 0.15) is 0 Å². The third-order valence-electron chi connectivity index (χ3n) is 0. The van der Waals surface area contributed by atoms with E-state index in [4.69, 9.17) is 0 Å². The molecule has 0 saturated carbocycles. The molecular weight excluding hydrogens is 277 g/mol. The van der Waals surface area contributed by atoms with Crippen molar-refractivity contribution in [1.29, 1.82) is 0 Å². The summed E-state index contributed by atoms with van der Waals surface area (Å²) in [6.07, 6.45) is 0. The van der Waals surface area contributed by atoms with Crippen molar-refractivity contribution in [3.8, 4) is 0 Å². The monoisotopic (exact) mass is 278 g/mol. The van der Waals surface area contributed by atoms with Gasteiger partial charge in [0.2, 0.25) is 0 Å². The molecule has 4 heteroatoms. The Balaban J connectivity index is -0.000000000833. The molecule has 0 radical (unpaired) electrons. The van der Waals surface area contributed by atoms with E-state index in [2.05, 4.69) is 13.2 Å². The zero-order chi connectivity index (χ0) is 2.00. The summed E-state index contributed by atoms with van der Waals surface area (Å²) in [5.74, 6) is 0. The number of rotatable bonds is 0. The third kappa shape index (κ3) is 36.2. The molecule has 0 nitrogen and oxygen atoms in total. The Morgan fingerprint density at radius 2 is 0.667 bits per heavy atom.